The molecule has 1 saturated heterocycles. The van der Waals surface area contributed by atoms with Crippen LogP contribution in [0, 0.1) is 0 Å². The van der Waals surface area contributed by atoms with E-state index in [4.69, 9.17) is 0 Å². The van der Waals surface area contributed by atoms with Crippen LogP contribution in [0.1, 0.15) is 26.7 Å². The molecule has 0 unspecified atom stereocenters. The number of carbonyl (C=O) groups is 2. The van der Waals surface area contributed by atoms with Crippen LogP contribution < -0.4 is 0 Å². The van der Waals surface area contributed by atoms with Crippen molar-refractivity contribution >= 4 is 11.9 Å². The van der Waals surface area contributed by atoms with E-state index in [1.54, 1.807) is 6.08 Å². The molecule has 0 radical (unpaired) electrons. The lowest BCUT2D eigenvalue weighted by atomic mass is 10.4. The Hall–Kier alpha value is -1.32. The summed E-state index contributed by atoms with van der Waals surface area (Å²) >= 11 is 0. The van der Waals surface area contributed by atoms with Gasteiger partial charge in [0.2, 0.25) is 0 Å². The van der Waals surface area contributed by atoms with Gasteiger partial charge in [0, 0.05) is 13.3 Å². The summed E-state index contributed by atoms with van der Waals surface area (Å²) in [6.45, 7) is 7.07. The topological polar surface area (TPSA) is 46.6 Å². The Bertz CT molecular complexity index is 201. The molecule has 0 aromatic rings. The first kappa shape index (κ1) is 11.7. The summed E-state index contributed by atoms with van der Waals surface area (Å²) in [7, 11) is 0. The molecule has 0 spiro atoms. The third kappa shape index (κ3) is 5.00. The van der Waals surface area contributed by atoms with Gasteiger partial charge in [0.25, 0.3) is 5.91 Å². The van der Waals surface area contributed by atoms with Gasteiger partial charge in [0.15, 0.2) is 0 Å². The summed E-state index contributed by atoms with van der Waals surface area (Å²) in [5.41, 5.74) is 0. The standard InChI is InChI=1S/C6H9NO3.C3H6/c1-5(8)10-7-4-2-3-6(7)9;1-3-2/h2-4H2,1H3;3H,1H2,2H3. The molecular weight excluding hydrogens is 170 g/mol. The molecule has 1 heterocycles. The zero-order chi connectivity index (χ0) is 10.3. The molecule has 0 aromatic carbocycles. The molecule has 0 bridgehead atoms. The highest BCUT2D eigenvalue weighted by atomic mass is 16.7. The van der Waals surface area contributed by atoms with E-state index in [1.807, 2.05) is 6.92 Å². The summed E-state index contributed by atoms with van der Waals surface area (Å²) in [6.07, 6.45) is 3.03. The Morgan fingerprint density at radius 3 is 2.54 bits per heavy atom. The number of hydrogen-bond donors (Lipinski definition) is 0. The zero-order valence-electron chi connectivity index (χ0n) is 8.08. The van der Waals surface area contributed by atoms with Crippen molar-refractivity contribution in [3.63, 3.8) is 0 Å². The van der Waals surface area contributed by atoms with Gasteiger partial charge in [-0.2, -0.15) is 5.06 Å². The summed E-state index contributed by atoms with van der Waals surface area (Å²) in [4.78, 5) is 25.7. The van der Waals surface area contributed by atoms with Crippen molar-refractivity contribution in [1.29, 1.82) is 0 Å². The normalized spacial score (nSPS) is 14.6. The summed E-state index contributed by atoms with van der Waals surface area (Å²) in [6, 6.07) is 0. The third-order valence-electron chi connectivity index (χ3n) is 1.27. The number of allylic oxidation sites excluding steroid dienone is 1. The fourth-order valence-electron chi connectivity index (χ4n) is 0.875. The molecule has 74 valence electrons. The van der Waals surface area contributed by atoms with Crippen LogP contribution in [0.4, 0.5) is 0 Å². The third-order valence-corrected chi connectivity index (χ3v) is 1.27. The van der Waals surface area contributed by atoms with Crippen LogP contribution in [0.25, 0.3) is 0 Å². The van der Waals surface area contributed by atoms with Crippen molar-refractivity contribution < 1.29 is 14.4 Å². The first-order chi connectivity index (χ1) is 6.11. The molecule has 1 aliphatic rings. The van der Waals surface area contributed by atoms with E-state index < -0.39 is 5.97 Å². The first-order valence-corrected chi connectivity index (χ1v) is 4.17. The number of nitrogens with zero attached hydrogens (tertiary/aromatic N) is 1. The molecular formula is C9H15NO3. The van der Waals surface area contributed by atoms with Crippen LogP contribution in [0.2, 0.25) is 0 Å². The maximum absolute atomic E-state index is 10.8. The minimum Gasteiger partial charge on any atom is -0.338 e. The van der Waals surface area contributed by atoms with E-state index in [0.717, 1.165) is 11.5 Å². The van der Waals surface area contributed by atoms with Crippen LogP contribution in [0.3, 0.4) is 0 Å². The van der Waals surface area contributed by atoms with Gasteiger partial charge in [-0.1, -0.05) is 6.08 Å². The van der Waals surface area contributed by atoms with Crippen molar-refractivity contribution in [2.24, 2.45) is 0 Å². The molecule has 0 N–H and O–H groups in total. The highest BCUT2D eigenvalue weighted by Gasteiger charge is 2.22. The summed E-state index contributed by atoms with van der Waals surface area (Å²) < 4.78 is 0. The number of carbonyl (C=O) groups excluding carboxylic acids is 2. The quantitative estimate of drug-likeness (QED) is 0.578. The zero-order valence-corrected chi connectivity index (χ0v) is 8.08. The lowest BCUT2D eigenvalue weighted by molar-refractivity contribution is -0.190. The predicted molar refractivity (Wildman–Crippen MR) is 48.6 cm³/mol. The maximum Gasteiger partial charge on any atom is 0.329 e. The van der Waals surface area contributed by atoms with Gasteiger partial charge in [-0.05, 0) is 13.3 Å². The molecule has 0 saturated carbocycles. The Morgan fingerprint density at radius 1 is 1.69 bits per heavy atom. The number of hydroxylamine groups is 2. The molecule has 4 nitrogen and oxygen atoms in total. The highest BCUT2D eigenvalue weighted by molar-refractivity contribution is 5.79. The van der Waals surface area contributed by atoms with E-state index in [0.29, 0.717) is 13.0 Å². The molecule has 0 atom stereocenters. The Balaban J connectivity index is 0.000000424. The van der Waals surface area contributed by atoms with Crippen molar-refractivity contribution in [2.45, 2.75) is 26.7 Å². The largest absolute Gasteiger partial charge is 0.338 e. The maximum atomic E-state index is 10.8. The second-order valence-electron chi connectivity index (χ2n) is 2.59. The Kier molecular flexibility index (Phi) is 5.59. The van der Waals surface area contributed by atoms with Gasteiger partial charge in [0.1, 0.15) is 0 Å². The van der Waals surface area contributed by atoms with Crippen molar-refractivity contribution in [1.82, 2.24) is 5.06 Å². The van der Waals surface area contributed by atoms with Gasteiger partial charge in [-0.25, -0.2) is 0 Å². The Morgan fingerprint density at radius 2 is 2.23 bits per heavy atom. The molecule has 1 rings (SSSR count). The average molecular weight is 185 g/mol. The molecule has 1 aliphatic heterocycles. The van der Waals surface area contributed by atoms with Crippen LogP contribution in [0.5, 0.6) is 0 Å². The van der Waals surface area contributed by atoms with Crippen molar-refractivity contribution in [3.05, 3.63) is 12.7 Å². The van der Waals surface area contributed by atoms with E-state index in [1.165, 1.54) is 6.92 Å². The summed E-state index contributed by atoms with van der Waals surface area (Å²) in [5, 5.41) is 1.11. The molecule has 0 aliphatic carbocycles. The lowest BCUT2D eigenvalue weighted by Gasteiger charge is -2.11. The second kappa shape index (κ2) is 6.22. The molecule has 1 fully saturated rings. The monoisotopic (exact) mass is 185 g/mol. The fraction of sp³-hybridized carbons (Fsp3) is 0.556. The lowest BCUT2D eigenvalue weighted by Crippen LogP contribution is -2.26. The molecule has 13 heavy (non-hydrogen) atoms. The summed E-state index contributed by atoms with van der Waals surface area (Å²) in [5.74, 6) is -0.537. The van der Waals surface area contributed by atoms with Crippen LogP contribution >= 0.6 is 0 Å². The molecule has 4 heteroatoms. The van der Waals surface area contributed by atoms with Crippen molar-refractivity contribution in [2.75, 3.05) is 6.54 Å². The average Bonchev–Trinajstić information content (AvgIpc) is 2.37. The van der Waals surface area contributed by atoms with E-state index in [9.17, 15) is 9.59 Å². The Labute approximate surface area is 78.1 Å². The van der Waals surface area contributed by atoms with Gasteiger partial charge in [0.05, 0.1) is 6.54 Å². The fourth-order valence-corrected chi connectivity index (χ4v) is 0.875. The molecule has 1 amide bonds. The van der Waals surface area contributed by atoms with Crippen LogP contribution in [0.15, 0.2) is 12.7 Å². The second-order valence-corrected chi connectivity index (χ2v) is 2.59. The highest BCUT2D eigenvalue weighted by Crippen LogP contribution is 2.09. The number of hydrogen-bond acceptors (Lipinski definition) is 3. The number of amides is 1. The predicted octanol–water partition coefficient (Wildman–Crippen LogP) is 1.28. The van der Waals surface area contributed by atoms with Crippen LogP contribution in [-0.2, 0) is 14.4 Å². The van der Waals surface area contributed by atoms with Gasteiger partial charge in [-0.3, -0.25) is 9.59 Å². The van der Waals surface area contributed by atoms with E-state index in [-0.39, 0.29) is 5.91 Å². The van der Waals surface area contributed by atoms with E-state index >= 15 is 0 Å². The van der Waals surface area contributed by atoms with Gasteiger partial charge >= 0.3 is 5.97 Å². The minimum atomic E-state index is -0.435. The SMILES string of the molecule is C=CC.CC(=O)ON1CCCC1=O. The number of rotatable bonds is 1. The minimum absolute atomic E-state index is 0.102. The van der Waals surface area contributed by atoms with E-state index in [2.05, 4.69) is 11.4 Å². The van der Waals surface area contributed by atoms with Gasteiger partial charge < -0.3 is 4.84 Å². The van der Waals surface area contributed by atoms with Crippen molar-refractivity contribution in [3.8, 4) is 0 Å². The smallest absolute Gasteiger partial charge is 0.329 e. The van der Waals surface area contributed by atoms with Gasteiger partial charge in [-0.15, -0.1) is 6.58 Å². The molecule has 0 aromatic heterocycles. The van der Waals surface area contributed by atoms with Crippen LogP contribution in [-0.4, -0.2) is 23.5 Å². The first-order valence-electron chi connectivity index (χ1n) is 4.17.